The van der Waals surface area contributed by atoms with Crippen LogP contribution in [0.15, 0.2) is 17.1 Å². The molecule has 0 saturated carbocycles. The number of aromatic nitrogens is 1. The third-order valence-corrected chi connectivity index (χ3v) is 1.96. The van der Waals surface area contributed by atoms with Gasteiger partial charge in [-0.2, -0.15) is 5.26 Å². The standard InChI is InChI=1S/C10H11N3O3/c1-7(2)5-12-6-9(13(15)16)3-8(4-11)10(12)14/h3,6-7H,5H2,1-2H3. The van der Waals surface area contributed by atoms with E-state index in [0.717, 1.165) is 6.07 Å². The molecule has 1 aromatic heterocycles. The second kappa shape index (κ2) is 4.57. The highest BCUT2D eigenvalue weighted by Crippen LogP contribution is 2.10. The Labute approximate surface area is 91.9 Å². The zero-order chi connectivity index (χ0) is 12.3. The van der Waals surface area contributed by atoms with Crippen molar-refractivity contribution in [3.63, 3.8) is 0 Å². The van der Waals surface area contributed by atoms with Gasteiger partial charge in [0, 0.05) is 12.6 Å². The fourth-order valence-corrected chi connectivity index (χ4v) is 1.33. The molecule has 0 atom stereocenters. The molecule has 84 valence electrons. The molecular weight excluding hydrogens is 210 g/mol. The summed E-state index contributed by atoms with van der Waals surface area (Å²) in [6.45, 7) is 4.13. The molecule has 0 aromatic carbocycles. The Bertz CT molecular complexity index is 511. The van der Waals surface area contributed by atoms with E-state index in [1.807, 2.05) is 13.8 Å². The summed E-state index contributed by atoms with van der Waals surface area (Å²) in [6, 6.07) is 2.67. The van der Waals surface area contributed by atoms with Gasteiger partial charge in [0.25, 0.3) is 11.2 Å². The van der Waals surface area contributed by atoms with Gasteiger partial charge < -0.3 is 4.57 Å². The summed E-state index contributed by atoms with van der Waals surface area (Å²) in [5.74, 6) is 0.172. The van der Waals surface area contributed by atoms with Gasteiger partial charge in [0.1, 0.15) is 11.6 Å². The fourth-order valence-electron chi connectivity index (χ4n) is 1.33. The first kappa shape index (κ1) is 11.9. The minimum absolute atomic E-state index is 0.172. The molecule has 0 fully saturated rings. The molecule has 6 heteroatoms. The molecule has 6 nitrogen and oxygen atoms in total. The molecule has 1 aromatic rings. The number of hydrogen-bond donors (Lipinski definition) is 0. The van der Waals surface area contributed by atoms with Gasteiger partial charge in [-0.05, 0) is 5.92 Å². The lowest BCUT2D eigenvalue weighted by Gasteiger charge is -2.08. The second-order valence-electron chi connectivity index (χ2n) is 3.83. The summed E-state index contributed by atoms with van der Waals surface area (Å²) >= 11 is 0. The summed E-state index contributed by atoms with van der Waals surface area (Å²) < 4.78 is 1.21. The van der Waals surface area contributed by atoms with Crippen LogP contribution in [0.25, 0.3) is 0 Å². The maximum absolute atomic E-state index is 11.6. The number of nitro groups is 1. The molecule has 0 amide bonds. The zero-order valence-electron chi connectivity index (χ0n) is 9.01. The van der Waals surface area contributed by atoms with Crippen molar-refractivity contribution in [3.8, 4) is 6.07 Å². The van der Waals surface area contributed by atoms with Gasteiger partial charge in [0.15, 0.2) is 0 Å². The Balaban J connectivity index is 3.37. The molecular formula is C10H11N3O3. The summed E-state index contributed by atoms with van der Waals surface area (Å²) in [4.78, 5) is 21.6. The quantitative estimate of drug-likeness (QED) is 0.568. The van der Waals surface area contributed by atoms with Crippen LogP contribution in [-0.4, -0.2) is 9.49 Å². The van der Waals surface area contributed by atoms with Gasteiger partial charge in [-0.25, -0.2) is 0 Å². The lowest BCUT2D eigenvalue weighted by molar-refractivity contribution is -0.385. The summed E-state index contributed by atoms with van der Waals surface area (Å²) in [7, 11) is 0. The van der Waals surface area contributed by atoms with Crippen molar-refractivity contribution in [2.24, 2.45) is 5.92 Å². The minimum atomic E-state index is -0.614. The number of rotatable bonds is 3. The number of hydrogen-bond acceptors (Lipinski definition) is 4. The van der Waals surface area contributed by atoms with Gasteiger partial charge >= 0.3 is 0 Å². The molecule has 0 unspecified atom stereocenters. The van der Waals surface area contributed by atoms with Crippen LogP contribution >= 0.6 is 0 Å². The maximum Gasteiger partial charge on any atom is 0.287 e. The van der Waals surface area contributed by atoms with E-state index in [1.165, 1.54) is 10.8 Å². The largest absolute Gasteiger partial charge is 0.307 e. The third-order valence-electron chi connectivity index (χ3n) is 1.96. The van der Waals surface area contributed by atoms with Crippen LogP contribution in [0, 0.1) is 27.4 Å². The number of nitrogens with zero attached hydrogens (tertiary/aromatic N) is 3. The molecule has 0 saturated heterocycles. The molecule has 0 N–H and O–H groups in total. The monoisotopic (exact) mass is 221 g/mol. The average molecular weight is 221 g/mol. The van der Waals surface area contributed by atoms with E-state index in [-0.39, 0.29) is 17.2 Å². The van der Waals surface area contributed by atoms with E-state index < -0.39 is 10.5 Å². The molecule has 16 heavy (non-hydrogen) atoms. The van der Waals surface area contributed by atoms with E-state index >= 15 is 0 Å². The van der Waals surface area contributed by atoms with Crippen molar-refractivity contribution in [2.75, 3.05) is 0 Å². The van der Waals surface area contributed by atoms with Crippen molar-refractivity contribution in [1.82, 2.24) is 4.57 Å². The first-order valence-corrected chi connectivity index (χ1v) is 4.74. The maximum atomic E-state index is 11.6. The van der Waals surface area contributed by atoms with Crippen molar-refractivity contribution in [2.45, 2.75) is 20.4 Å². The van der Waals surface area contributed by atoms with E-state index in [4.69, 9.17) is 5.26 Å². The summed E-state index contributed by atoms with van der Waals surface area (Å²) in [5.41, 5.74) is -0.923. The van der Waals surface area contributed by atoms with Crippen LogP contribution in [0.3, 0.4) is 0 Å². The summed E-state index contributed by atoms with van der Waals surface area (Å²) in [5, 5.41) is 19.3. The molecule has 0 bridgehead atoms. The van der Waals surface area contributed by atoms with Gasteiger partial charge in [0.05, 0.1) is 11.1 Å². The average Bonchev–Trinajstić information content (AvgIpc) is 2.20. The lowest BCUT2D eigenvalue weighted by atomic mass is 10.2. The lowest BCUT2D eigenvalue weighted by Crippen LogP contribution is -2.24. The molecule has 1 rings (SSSR count). The van der Waals surface area contributed by atoms with Crippen LogP contribution in [-0.2, 0) is 6.54 Å². The van der Waals surface area contributed by atoms with Gasteiger partial charge in [-0.15, -0.1) is 0 Å². The van der Waals surface area contributed by atoms with Crippen molar-refractivity contribution < 1.29 is 4.92 Å². The van der Waals surface area contributed by atoms with Crippen molar-refractivity contribution in [1.29, 1.82) is 5.26 Å². The topological polar surface area (TPSA) is 88.9 Å². The van der Waals surface area contributed by atoms with Crippen LogP contribution in [0.5, 0.6) is 0 Å². The third kappa shape index (κ3) is 2.45. The SMILES string of the molecule is CC(C)Cn1cc([N+](=O)[O-])cc(C#N)c1=O. The Morgan fingerprint density at radius 3 is 2.69 bits per heavy atom. The van der Waals surface area contributed by atoms with E-state index in [2.05, 4.69) is 0 Å². The Kier molecular flexibility index (Phi) is 3.40. The zero-order valence-corrected chi connectivity index (χ0v) is 9.01. The van der Waals surface area contributed by atoms with Crippen LogP contribution in [0.4, 0.5) is 5.69 Å². The predicted octanol–water partition coefficient (Wildman–Crippen LogP) is 1.28. The Hall–Kier alpha value is -2.16. The van der Waals surface area contributed by atoms with Gasteiger partial charge in [-0.1, -0.05) is 13.8 Å². The fraction of sp³-hybridized carbons (Fsp3) is 0.400. The first-order valence-electron chi connectivity index (χ1n) is 4.74. The van der Waals surface area contributed by atoms with Gasteiger partial charge in [-0.3, -0.25) is 14.9 Å². The molecule has 0 radical (unpaired) electrons. The van der Waals surface area contributed by atoms with E-state index in [1.54, 1.807) is 6.07 Å². The summed E-state index contributed by atoms with van der Waals surface area (Å²) in [6.07, 6.45) is 1.17. The van der Waals surface area contributed by atoms with Crippen molar-refractivity contribution >= 4 is 5.69 Å². The predicted molar refractivity (Wildman–Crippen MR) is 56.9 cm³/mol. The molecule has 0 aliphatic rings. The molecule has 0 spiro atoms. The molecule has 0 aliphatic heterocycles. The highest BCUT2D eigenvalue weighted by Gasteiger charge is 2.13. The Morgan fingerprint density at radius 1 is 1.62 bits per heavy atom. The van der Waals surface area contributed by atoms with Crippen LogP contribution < -0.4 is 5.56 Å². The van der Waals surface area contributed by atoms with E-state index in [9.17, 15) is 14.9 Å². The highest BCUT2D eigenvalue weighted by molar-refractivity contribution is 5.37. The van der Waals surface area contributed by atoms with Crippen LogP contribution in [0.2, 0.25) is 0 Å². The first-order chi connectivity index (χ1) is 7.45. The van der Waals surface area contributed by atoms with Crippen molar-refractivity contribution in [3.05, 3.63) is 38.3 Å². The number of pyridine rings is 1. The second-order valence-corrected chi connectivity index (χ2v) is 3.83. The minimum Gasteiger partial charge on any atom is -0.307 e. The normalized spacial score (nSPS) is 10.1. The van der Waals surface area contributed by atoms with Gasteiger partial charge in [0.2, 0.25) is 0 Å². The molecule has 0 aliphatic carbocycles. The molecule has 1 heterocycles. The Morgan fingerprint density at radius 2 is 2.25 bits per heavy atom. The highest BCUT2D eigenvalue weighted by atomic mass is 16.6. The van der Waals surface area contributed by atoms with Crippen LogP contribution in [0.1, 0.15) is 19.4 Å². The van der Waals surface area contributed by atoms with E-state index in [0.29, 0.717) is 6.54 Å². The smallest absolute Gasteiger partial charge is 0.287 e. The number of nitriles is 1.